The number of carbonyl (C=O) groups is 1. The number of benzene rings is 2. The predicted octanol–water partition coefficient (Wildman–Crippen LogP) is 3.77. The number of halogens is 1. The van der Waals surface area contributed by atoms with Crippen LogP contribution in [0.3, 0.4) is 0 Å². The average molecular weight is 360 g/mol. The molecule has 1 aliphatic rings. The van der Waals surface area contributed by atoms with Crippen molar-refractivity contribution in [3.8, 4) is 16.9 Å². The molecular formula is C20H22ClNO3. The van der Waals surface area contributed by atoms with Crippen LogP contribution in [0.2, 0.25) is 5.02 Å². The third-order valence-electron chi connectivity index (χ3n) is 4.26. The van der Waals surface area contributed by atoms with E-state index in [9.17, 15) is 4.79 Å². The fourth-order valence-electron chi connectivity index (χ4n) is 3.06. The van der Waals surface area contributed by atoms with Gasteiger partial charge in [0.1, 0.15) is 11.9 Å². The zero-order chi connectivity index (χ0) is 17.8. The molecule has 1 heterocycles. The number of hydrogen-bond donors (Lipinski definition) is 1. The molecule has 0 radical (unpaired) electrons. The van der Waals surface area contributed by atoms with Gasteiger partial charge in [-0.05, 0) is 41.8 Å². The number of carbonyl (C=O) groups excluding carboxylic acids is 1. The van der Waals surface area contributed by atoms with E-state index >= 15 is 0 Å². The number of ether oxygens (including phenoxy) is 2. The lowest BCUT2D eigenvalue weighted by molar-refractivity contribution is -0.122. The Morgan fingerprint density at radius 3 is 2.80 bits per heavy atom. The molecule has 0 bridgehead atoms. The molecule has 0 fully saturated rings. The molecule has 1 atom stereocenters. The van der Waals surface area contributed by atoms with Crippen molar-refractivity contribution in [3.63, 3.8) is 0 Å². The molecule has 2 aromatic carbocycles. The van der Waals surface area contributed by atoms with Crippen molar-refractivity contribution in [2.75, 3.05) is 20.3 Å². The molecule has 5 heteroatoms. The SMILES string of the molecule is COCCC(=O)NCC1Cc2cc(C)cc(-c3ccc(Cl)cc3)c2O1. The highest BCUT2D eigenvalue weighted by molar-refractivity contribution is 6.30. The van der Waals surface area contributed by atoms with E-state index in [4.69, 9.17) is 21.1 Å². The summed E-state index contributed by atoms with van der Waals surface area (Å²) in [5.41, 5.74) is 4.52. The smallest absolute Gasteiger partial charge is 0.222 e. The van der Waals surface area contributed by atoms with E-state index in [0.717, 1.165) is 23.3 Å². The predicted molar refractivity (Wildman–Crippen MR) is 99.2 cm³/mol. The van der Waals surface area contributed by atoms with Crippen LogP contribution in [0.5, 0.6) is 5.75 Å². The lowest BCUT2D eigenvalue weighted by Crippen LogP contribution is -2.34. The normalized spacial score (nSPS) is 15.6. The van der Waals surface area contributed by atoms with E-state index in [2.05, 4.69) is 24.4 Å². The molecule has 0 aliphatic carbocycles. The maximum absolute atomic E-state index is 11.7. The van der Waals surface area contributed by atoms with Gasteiger partial charge in [0.25, 0.3) is 0 Å². The lowest BCUT2D eigenvalue weighted by atomic mass is 9.98. The second-order valence-corrected chi connectivity index (χ2v) is 6.73. The molecule has 132 valence electrons. The van der Waals surface area contributed by atoms with Crippen molar-refractivity contribution in [2.45, 2.75) is 25.9 Å². The Hall–Kier alpha value is -2.04. The molecular weight excluding hydrogens is 338 g/mol. The molecule has 3 rings (SSSR count). The van der Waals surface area contributed by atoms with Crippen molar-refractivity contribution < 1.29 is 14.3 Å². The van der Waals surface area contributed by atoms with E-state index in [1.165, 1.54) is 11.1 Å². The monoisotopic (exact) mass is 359 g/mol. The Labute approximate surface area is 153 Å². The number of amides is 1. The van der Waals surface area contributed by atoms with Gasteiger partial charge in [0.2, 0.25) is 5.91 Å². The first-order valence-electron chi connectivity index (χ1n) is 8.38. The van der Waals surface area contributed by atoms with Crippen molar-refractivity contribution in [1.82, 2.24) is 5.32 Å². The summed E-state index contributed by atoms with van der Waals surface area (Å²) in [6, 6.07) is 12.0. The number of fused-ring (bicyclic) bond motifs is 1. The van der Waals surface area contributed by atoms with Gasteiger partial charge in [0.05, 0.1) is 13.2 Å². The van der Waals surface area contributed by atoms with Gasteiger partial charge in [-0.1, -0.05) is 29.8 Å². The lowest BCUT2D eigenvalue weighted by Gasteiger charge is -2.14. The number of nitrogens with one attached hydrogen (secondary N) is 1. The van der Waals surface area contributed by atoms with Gasteiger partial charge in [0, 0.05) is 30.5 Å². The Balaban J connectivity index is 1.73. The second kappa shape index (κ2) is 7.89. The molecule has 1 amide bonds. The first kappa shape index (κ1) is 17.8. The molecule has 25 heavy (non-hydrogen) atoms. The summed E-state index contributed by atoms with van der Waals surface area (Å²) < 4.78 is 11.1. The summed E-state index contributed by atoms with van der Waals surface area (Å²) in [7, 11) is 1.59. The Kier molecular flexibility index (Phi) is 5.61. The minimum absolute atomic E-state index is 0.0180. The summed E-state index contributed by atoms with van der Waals surface area (Å²) in [4.78, 5) is 11.7. The van der Waals surface area contributed by atoms with E-state index < -0.39 is 0 Å². The summed E-state index contributed by atoms with van der Waals surface area (Å²) in [5.74, 6) is 0.888. The third kappa shape index (κ3) is 4.33. The maximum atomic E-state index is 11.7. The van der Waals surface area contributed by atoms with Gasteiger partial charge >= 0.3 is 0 Å². The summed E-state index contributed by atoms with van der Waals surface area (Å²) in [6.07, 6.45) is 1.11. The molecule has 1 unspecified atom stereocenters. The molecule has 0 saturated heterocycles. The van der Waals surface area contributed by atoms with Gasteiger partial charge in [0.15, 0.2) is 0 Å². The van der Waals surface area contributed by atoms with Crippen LogP contribution in [-0.4, -0.2) is 32.3 Å². The van der Waals surface area contributed by atoms with E-state index in [1.54, 1.807) is 7.11 Å². The van der Waals surface area contributed by atoms with Crippen molar-refractivity contribution in [3.05, 3.63) is 52.5 Å². The topological polar surface area (TPSA) is 47.6 Å². The highest BCUT2D eigenvalue weighted by Gasteiger charge is 2.26. The third-order valence-corrected chi connectivity index (χ3v) is 4.51. The Bertz CT molecular complexity index is 758. The average Bonchev–Trinajstić information content (AvgIpc) is 3.01. The molecule has 0 spiro atoms. The van der Waals surface area contributed by atoms with Crippen LogP contribution in [0, 0.1) is 6.92 Å². The highest BCUT2D eigenvalue weighted by Crippen LogP contribution is 2.40. The first-order chi connectivity index (χ1) is 12.1. The quantitative estimate of drug-likeness (QED) is 0.854. The first-order valence-corrected chi connectivity index (χ1v) is 8.76. The van der Waals surface area contributed by atoms with E-state index in [0.29, 0.717) is 24.6 Å². The summed E-state index contributed by atoms with van der Waals surface area (Å²) in [5, 5.41) is 3.63. The van der Waals surface area contributed by atoms with Crippen LogP contribution in [-0.2, 0) is 16.0 Å². The fraction of sp³-hybridized carbons (Fsp3) is 0.350. The van der Waals surface area contributed by atoms with Crippen LogP contribution >= 0.6 is 11.6 Å². The van der Waals surface area contributed by atoms with Crippen LogP contribution in [0.4, 0.5) is 0 Å². The molecule has 0 saturated carbocycles. The minimum atomic E-state index is -0.0469. The number of aryl methyl sites for hydroxylation is 1. The largest absolute Gasteiger partial charge is 0.487 e. The molecule has 1 N–H and O–H groups in total. The van der Waals surface area contributed by atoms with Crippen molar-refractivity contribution in [2.24, 2.45) is 0 Å². The van der Waals surface area contributed by atoms with Crippen LogP contribution in [0.25, 0.3) is 11.1 Å². The Morgan fingerprint density at radius 1 is 1.32 bits per heavy atom. The van der Waals surface area contributed by atoms with Crippen molar-refractivity contribution in [1.29, 1.82) is 0 Å². The number of rotatable bonds is 6. The van der Waals surface area contributed by atoms with Gasteiger partial charge in [-0.25, -0.2) is 0 Å². The standard InChI is InChI=1S/C20H22ClNO3/c1-13-9-15-11-17(12-22-19(23)7-8-24-2)25-20(15)18(10-13)14-3-5-16(21)6-4-14/h3-6,9-10,17H,7-8,11-12H2,1-2H3,(H,22,23). The van der Waals surface area contributed by atoms with Gasteiger partial charge in [-0.3, -0.25) is 4.79 Å². The number of methoxy groups -OCH3 is 1. The molecule has 4 nitrogen and oxygen atoms in total. The fourth-order valence-corrected chi connectivity index (χ4v) is 3.19. The highest BCUT2D eigenvalue weighted by atomic mass is 35.5. The van der Waals surface area contributed by atoms with Crippen LogP contribution in [0.15, 0.2) is 36.4 Å². The number of hydrogen-bond acceptors (Lipinski definition) is 3. The van der Waals surface area contributed by atoms with Gasteiger partial charge < -0.3 is 14.8 Å². The zero-order valence-corrected chi connectivity index (χ0v) is 15.2. The van der Waals surface area contributed by atoms with Gasteiger partial charge in [-0.2, -0.15) is 0 Å². The second-order valence-electron chi connectivity index (χ2n) is 6.30. The van der Waals surface area contributed by atoms with E-state index in [1.807, 2.05) is 24.3 Å². The maximum Gasteiger partial charge on any atom is 0.222 e. The van der Waals surface area contributed by atoms with Crippen LogP contribution < -0.4 is 10.1 Å². The molecule has 0 aromatic heterocycles. The Morgan fingerprint density at radius 2 is 2.08 bits per heavy atom. The zero-order valence-electron chi connectivity index (χ0n) is 14.5. The molecule has 1 aliphatic heterocycles. The minimum Gasteiger partial charge on any atom is -0.487 e. The van der Waals surface area contributed by atoms with E-state index in [-0.39, 0.29) is 12.0 Å². The summed E-state index contributed by atoms with van der Waals surface area (Å²) >= 11 is 6.00. The molecule has 2 aromatic rings. The summed E-state index contributed by atoms with van der Waals surface area (Å²) in [6.45, 7) is 3.01. The van der Waals surface area contributed by atoms with Crippen LogP contribution in [0.1, 0.15) is 17.5 Å². The van der Waals surface area contributed by atoms with Crippen molar-refractivity contribution >= 4 is 17.5 Å². The van der Waals surface area contributed by atoms with Gasteiger partial charge in [-0.15, -0.1) is 0 Å².